The number of carbonyl (C=O) groups is 1. The largest absolute Gasteiger partial charge is 0.486 e. The lowest BCUT2D eigenvalue weighted by Gasteiger charge is -2.18. The Kier molecular flexibility index (Phi) is 2.45. The second-order valence-corrected chi connectivity index (χ2v) is 4.18. The van der Waals surface area contributed by atoms with E-state index >= 15 is 0 Å². The quantitative estimate of drug-likeness (QED) is 0.839. The maximum Gasteiger partial charge on any atom is 0.372 e. The minimum absolute atomic E-state index is 0.0664. The molecule has 0 spiro atoms. The zero-order valence-corrected chi connectivity index (χ0v) is 10.1. The van der Waals surface area contributed by atoms with Gasteiger partial charge in [-0.2, -0.15) is 0 Å². The monoisotopic (exact) mass is 262 g/mol. The van der Waals surface area contributed by atoms with Crippen molar-refractivity contribution in [2.45, 2.75) is 6.92 Å². The number of hydrogen-bond acceptors (Lipinski definition) is 5. The highest BCUT2D eigenvalue weighted by Gasteiger charge is 2.20. The molecule has 1 aliphatic heterocycles. The van der Waals surface area contributed by atoms with Gasteiger partial charge >= 0.3 is 5.97 Å². The molecule has 0 fully saturated rings. The van der Waals surface area contributed by atoms with E-state index in [0.717, 1.165) is 0 Å². The number of ether oxygens (including phenoxy) is 2. The topological polar surface area (TPSA) is 86.0 Å². The third-order valence-corrected chi connectivity index (χ3v) is 2.98. The van der Waals surface area contributed by atoms with Crippen LogP contribution in [-0.4, -0.2) is 24.3 Å². The fourth-order valence-electron chi connectivity index (χ4n) is 2.03. The summed E-state index contributed by atoms with van der Waals surface area (Å²) >= 11 is 0. The molecule has 0 saturated carbocycles. The number of carboxylic acids is 1. The Bertz CT molecular complexity index is 743. The highest BCUT2D eigenvalue weighted by Crippen LogP contribution is 2.34. The summed E-state index contributed by atoms with van der Waals surface area (Å²) in [6.07, 6.45) is 0. The number of benzene rings is 1. The average molecular weight is 262 g/mol. The first-order valence-electron chi connectivity index (χ1n) is 5.68. The summed E-state index contributed by atoms with van der Waals surface area (Å²) in [6.45, 7) is 2.24. The van der Waals surface area contributed by atoms with E-state index in [1.165, 1.54) is 19.1 Å². The van der Waals surface area contributed by atoms with E-state index in [4.69, 9.17) is 19.0 Å². The molecule has 2 heterocycles. The molecule has 2 aromatic rings. The van der Waals surface area contributed by atoms with Gasteiger partial charge in [-0.1, -0.05) is 0 Å². The molecular weight excluding hydrogens is 252 g/mol. The Hall–Kier alpha value is -2.50. The number of aromatic carboxylic acids is 1. The van der Waals surface area contributed by atoms with Crippen LogP contribution in [0.25, 0.3) is 11.0 Å². The van der Waals surface area contributed by atoms with Crippen LogP contribution in [0.2, 0.25) is 0 Å². The van der Waals surface area contributed by atoms with Gasteiger partial charge in [-0.25, -0.2) is 4.79 Å². The van der Waals surface area contributed by atoms with Gasteiger partial charge in [-0.05, 0) is 13.0 Å². The van der Waals surface area contributed by atoms with Crippen LogP contribution in [0.5, 0.6) is 11.5 Å². The van der Waals surface area contributed by atoms with E-state index in [0.29, 0.717) is 24.7 Å². The lowest BCUT2D eigenvalue weighted by atomic mass is 10.1. The van der Waals surface area contributed by atoms with Crippen LogP contribution in [0, 0.1) is 6.92 Å². The van der Waals surface area contributed by atoms with E-state index in [1.807, 2.05) is 0 Å². The van der Waals surface area contributed by atoms with E-state index in [-0.39, 0.29) is 27.7 Å². The molecule has 0 bridgehead atoms. The normalized spacial score (nSPS) is 13.5. The van der Waals surface area contributed by atoms with E-state index in [1.54, 1.807) is 0 Å². The number of hydrogen-bond donors (Lipinski definition) is 1. The second kappa shape index (κ2) is 4.01. The molecule has 6 heteroatoms. The summed E-state index contributed by atoms with van der Waals surface area (Å²) in [6, 6.07) is 3.01. The summed E-state index contributed by atoms with van der Waals surface area (Å²) in [7, 11) is 0. The molecule has 0 atom stereocenters. The van der Waals surface area contributed by atoms with Crippen molar-refractivity contribution in [1.29, 1.82) is 0 Å². The van der Waals surface area contributed by atoms with Crippen molar-refractivity contribution in [2.24, 2.45) is 0 Å². The molecule has 0 radical (unpaired) electrons. The van der Waals surface area contributed by atoms with Crippen LogP contribution in [0.3, 0.4) is 0 Å². The second-order valence-electron chi connectivity index (χ2n) is 4.18. The lowest BCUT2D eigenvalue weighted by molar-refractivity contribution is 0.0661. The van der Waals surface area contributed by atoms with Gasteiger partial charge in [0.05, 0.1) is 5.39 Å². The predicted molar refractivity (Wildman–Crippen MR) is 65.2 cm³/mol. The van der Waals surface area contributed by atoms with E-state index in [2.05, 4.69) is 0 Å². The van der Waals surface area contributed by atoms with Crippen molar-refractivity contribution in [1.82, 2.24) is 0 Å². The van der Waals surface area contributed by atoms with Crippen molar-refractivity contribution >= 4 is 16.9 Å². The van der Waals surface area contributed by atoms with Gasteiger partial charge in [0.15, 0.2) is 16.9 Å². The fraction of sp³-hybridized carbons (Fsp3) is 0.231. The maximum absolute atomic E-state index is 12.1. The molecule has 1 aromatic carbocycles. The summed E-state index contributed by atoms with van der Waals surface area (Å²) < 4.78 is 16.0. The third kappa shape index (κ3) is 1.72. The minimum atomic E-state index is -1.27. The van der Waals surface area contributed by atoms with Crippen molar-refractivity contribution in [3.63, 3.8) is 0 Å². The molecule has 1 N–H and O–H groups in total. The molecule has 0 saturated heterocycles. The summed E-state index contributed by atoms with van der Waals surface area (Å²) in [5.41, 5.74) is -0.135. The molecule has 19 heavy (non-hydrogen) atoms. The van der Waals surface area contributed by atoms with Crippen molar-refractivity contribution in [3.8, 4) is 11.5 Å². The maximum atomic E-state index is 12.1. The highest BCUT2D eigenvalue weighted by molar-refractivity contribution is 5.90. The SMILES string of the molecule is Cc1c(C(=O)O)oc2cc3c(cc2c1=O)OCCO3. The number of fused-ring (bicyclic) bond motifs is 2. The van der Waals surface area contributed by atoms with Crippen LogP contribution in [0.4, 0.5) is 0 Å². The summed E-state index contributed by atoms with van der Waals surface area (Å²) in [5.74, 6) is -0.712. The smallest absolute Gasteiger partial charge is 0.372 e. The first-order chi connectivity index (χ1) is 9.08. The average Bonchev–Trinajstić information content (AvgIpc) is 2.41. The molecule has 0 amide bonds. The fourth-order valence-corrected chi connectivity index (χ4v) is 2.03. The van der Waals surface area contributed by atoms with Gasteiger partial charge in [-0.15, -0.1) is 0 Å². The van der Waals surface area contributed by atoms with Crippen LogP contribution >= 0.6 is 0 Å². The third-order valence-electron chi connectivity index (χ3n) is 2.98. The van der Waals surface area contributed by atoms with E-state index in [9.17, 15) is 9.59 Å². The van der Waals surface area contributed by atoms with Crippen LogP contribution < -0.4 is 14.9 Å². The Morgan fingerprint density at radius 2 is 1.84 bits per heavy atom. The summed E-state index contributed by atoms with van der Waals surface area (Å²) in [5, 5.41) is 9.28. The first-order valence-corrected chi connectivity index (χ1v) is 5.68. The van der Waals surface area contributed by atoms with E-state index < -0.39 is 5.97 Å². The van der Waals surface area contributed by atoms with Crippen LogP contribution in [-0.2, 0) is 0 Å². The number of rotatable bonds is 1. The van der Waals surface area contributed by atoms with Crippen LogP contribution in [0.1, 0.15) is 16.1 Å². The van der Waals surface area contributed by atoms with Crippen LogP contribution in [0.15, 0.2) is 21.3 Å². The van der Waals surface area contributed by atoms with Crippen molar-refractivity contribution < 1.29 is 23.8 Å². The molecule has 0 aliphatic carbocycles. The molecule has 98 valence electrons. The van der Waals surface area contributed by atoms with Crippen molar-refractivity contribution in [3.05, 3.63) is 33.7 Å². The van der Waals surface area contributed by atoms with Gasteiger partial charge < -0.3 is 19.0 Å². The Labute approximate surface area is 107 Å². The Balaban J connectivity index is 2.36. The number of carboxylic acid groups (broad SMARTS) is 1. The molecule has 3 rings (SSSR count). The molecular formula is C13H10O6. The van der Waals surface area contributed by atoms with Gasteiger partial charge in [0.2, 0.25) is 5.76 Å². The van der Waals surface area contributed by atoms with Crippen molar-refractivity contribution in [2.75, 3.05) is 13.2 Å². The van der Waals surface area contributed by atoms with Gasteiger partial charge in [0, 0.05) is 11.6 Å². The molecule has 1 aliphatic rings. The Morgan fingerprint density at radius 1 is 1.21 bits per heavy atom. The lowest BCUT2D eigenvalue weighted by Crippen LogP contribution is -2.17. The Morgan fingerprint density at radius 3 is 2.47 bits per heavy atom. The zero-order valence-electron chi connectivity index (χ0n) is 10.1. The highest BCUT2D eigenvalue weighted by atomic mass is 16.6. The van der Waals surface area contributed by atoms with Gasteiger partial charge in [0.1, 0.15) is 18.8 Å². The zero-order chi connectivity index (χ0) is 13.6. The predicted octanol–water partition coefficient (Wildman–Crippen LogP) is 1.57. The molecule has 1 aromatic heterocycles. The standard InChI is InChI=1S/C13H10O6/c1-6-11(14)7-4-9-10(18-3-2-17-9)5-8(7)19-12(6)13(15)16/h4-5H,2-3H2,1H3,(H,15,16). The minimum Gasteiger partial charge on any atom is -0.486 e. The first kappa shape index (κ1) is 11.6. The van der Waals surface area contributed by atoms with Gasteiger partial charge in [0.25, 0.3) is 0 Å². The summed E-state index contributed by atoms with van der Waals surface area (Å²) in [4.78, 5) is 23.1. The van der Waals surface area contributed by atoms with Gasteiger partial charge in [-0.3, -0.25) is 4.79 Å². The molecule has 6 nitrogen and oxygen atoms in total. The molecule has 0 unspecified atom stereocenters.